The molecule has 22 heavy (non-hydrogen) atoms. The van der Waals surface area contributed by atoms with Crippen molar-refractivity contribution in [1.29, 1.82) is 0 Å². The van der Waals surface area contributed by atoms with Crippen molar-refractivity contribution in [2.24, 2.45) is 0 Å². The average Bonchev–Trinajstić information content (AvgIpc) is 2.92. The number of rotatable bonds is 5. The van der Waals surface area contributed by atoms with Crippen LogP contribution >= 0.6 is 0 Å². The van der Waals surface area contributed by atoms with Crippen LogP contribution < -0.4 is 0 Å². The molecule has 112 valence electrons. The minimum atomic E-state index is -0.182. The molecule has 0 saturated heterocycles. The first-order valence-electron chi connectivity index (χ1n) is 7.40. The van der Waals surface area contributed by atoms with Gasteiger partial charge in [-0.3, -0.25) is 4.79 Å². The topological polar surface area (TPSA) is 55.1 Å². The summed E-state index contributed by atoms with van der Waals surface area (Å²) in [6, 6.07) is 15.2. The monoisotopic (exact) mass is 294 g/mol. The second-order valence-corrected chi connectivity index (χ2v) is 5.24. The summed E-state index contributed by atoms with van der Waals surface area (Å²) in [6.07, 6.45) is 0.931. The molecule has 1 aromatic heterocycles. The van der Waals surface area contributed by atoms with Gasteiger partial charge in [0.1, 0.15) is 12.4 Å². The van der Waals surface area contributed by atoms with Crippen LogP contribution in [0.1, 0.15) is 28.7 Å². The minimum absolute atomic E-state index is 0.00849. The standard InChI is InChI=1S/C18H18N2O2/c1-2-13-8-9-16-15(10-13)19-18(12-21)20(16)11-17(22)14-6-4-3-5-7-14/h3-10,21H,2,11-12H2,1H3. The summed E-state index contributed by atoms with van der Waals surface area (Å²) in [6.45, 7) is 2.09. The van der Waals surface area contributed by atoms with Crippen molar-refractivity contribution in [2.45, 2.75) is 26.5 Å². The molecule has 3 rings (SSSR count). The molecule has 0 amide bonds. The van der Waals surface area contributed by atoms with Gasteiger partial charge in [0.15, 0.2) is 5.78 Å². The van der Waals surface area contributed by atoms with Crippen LogP contribution in [0.4, 0.5) is 0 Å². The van der Waals surface area contributed by atoms with Crippen LogP contribution in [0.25, 0.3) is 11.0 Å². The first-order valence-corrected chi connectivity index (χ1v) is 7.40. The number of fused-ring (bicyclic) bond motifs is 1. The second-order valence-electron chi connectivity index (χ2n) is 5.24. The molecule has 0 aliphatic heterocycles. The van der Waals surface area contributed by atoms with E-state index in [0.717, 1.165) is 17.5 Å². The number of carbonyl (C=O) groups is 1. The largest absolute Gasteiger partial charge is 0.388 e. The minimum Gasteiger partial charge on any atom is -0.388 e. The molecule has 0 atom stereocenters. The molecule has 4 nitrogen and oxygen atoms in total. The molecule has 0 saturated carbocycles. The normalized spacial score (nSPS) is 11.0. The predicted molar refractivity (Wildman–Crippen MR) is 85.8 cm³/mol. The van der Waals surface area contributed by atoms with E-state index in [9.17, 15) is 9.90 Å². The number of carbonyl (C=O) groups excluding carboxylic acids is 1. The number of hydrogen-bond acceptors (Lipinski definition) is 3. The fraction of sp³-hybridized carbons (Fsp3) is 0.222. The van der Waals surface area contributed by atoms with Crippen LogP contribution in [0.5, 0.6) is 0 Å². The molecule has 0 unspecified atom stereocenters. The van der Waals surface area contributed by atoms with Crippen molar-refractivity contribution in [2.75, 3.05) is 0 Å². The lowest BCUT2D eigenvalue weighted by Gasteiger charge is -2.07. The van der Waals surface area contributed by atoms with Crippen LogP contribution in [-0.2, 0) is 19.6 Å². The van der Waals surface area contributed by atoms with E-state index in [1.54, 1.807) is 16.7 Å². The summed E-state index contributed by atoms with van der Waals surface area (Å²) in [5.41, 5.74) is 3.56. The summed E-state index contributed by atoms with van der Waals surface area (Å²) in [4.78, 5) is 16.9. The lowest BCUT2D eigenvalue weighted by molar-refractivity contribution is 0.0970. The number of aliphatic hydroxyl groups is 1. The maximum atomic E-state index is 12.4. The number of aliphatic hydroxyl groups excluding tert-OH is 1. The zero-order chi connectivity index (χ0) is 15.5. The third-order valence-corrected chi connectivity index (χ3v) is 3.84. The maximum Gasteiger partial charge on any atom is 0.182 e. The molecule has 0 aliphatic carbocycles. The van der Waals surface area contributed by atoms with Gasteiger partial charge in [0.25, 0.3) is 0 Å². The lowest BCUT2D eigenvalue weighted by atomic mass is 10.1. The van der Waals surface area contributed by atoms with E-state index in [2.05, 4.69) is 11.9 Å². The summed E-state index contributed by atoms with van der Waals surface area (Å²) in [7, 11) is 0. The van der Waals surface area contributed by atoms with Crippen LogP contribution in [0.15, 0.2) is 48.5 Å². The Hall–Kier alpha value is -2.46. The number of nitrogens with zero attached hydrogens (tertiary/aromatic N) is 2. The summed E-state index contributed by atoms with van der Waals surface area (Å²) in [5, 5.41) is 9.53. The Balaban J connectivity index is 2.00. The Bertz CT molecular complexity index is 807. The van der Waals surface area contributed by atoms with Gasteiger partial charge in [-0.1, -0.05) is 43.3 Å². The molecule has 3 aromatic rings. The highest BCUT2D eigenvalue weighted by molar-refractivity contribution is 5.96. The number of Topliss-reactive ketones (excluding diaryl/α,β-unsaturated/α-hetero) is 1. The Morgan fingerprint density at radius 2 is 1.95 bits per heavy atom. The van der Waals surface area contributed by atoms with Crippen molar-refractivity contribution in [3.8, 4) is 0 Å². The second kappa shape index (κ2) is 6.12. The molecular formula is C18H18N2O2. The highest BCUT2D eigenvalue weighted by Crippen LogP contribution is 2.19. The molecule has 0 spiro atoms. The molecule has 4 heteroatoms. The van der Waals surface area contributed by atoms with Gasteiger partial charge in [0, 0.05) is 5.56 Å². The summed E-state index contributed by atoms with van der Waals surface area (Å²) < 4.78 is 1.80. The van der Waals surface area contributed by atoms with E-state index in [1.165, 1.54) is 5.56 Å². The van der Waals surface area contributed by atoms with Crippen molar-refractivity contribution in [3.05, 3.63) is 65.5 Å². The number of ketones is 1. The number of imidazole rings is 1. The first kappa shape index (κ1) is 14.5. The van der Waals surface area contributed by atoms with Gasteiger partial charge < -0.3 is 9.67 Å². The molecule has 0 fully saturated rings. The first-order chi connectivity index (χ1) is 10.7. The third-order valence-electron chi connectivity index (χ3n) is 3.84. The van der Waals surface area contributed by atoms with E-state index in [0.29, 0.717) is 11.4 Å². The van der Waals surface area contributed by atoms with Gasteiger partial charge in [0.05, 0.1) is 17.6 Å². The number of hydrogen-bond donors (Lipinski definition) is 1. The van der Waals surface area contributed by atoms with Gasteiger partial charge in [0.2, 0.25) is 0 Å². The van der Waals surface area contributed by atoms with Gasteiger partial charge in [-0.2, -0.15) is 0 Å². The fourth-order valence-electron chi connectivity index (χ4n) is 2.60. The average molecular weight is 294 g/mol. The molecule has 0 bridgehead atoms. The van der Waals surface area contributed by atoms with E-state index in [1.807, 2.05) is 36.4 Å². The van der Waals surface area contributed by atoms with Crippen LogP contribution in [0.3, 0.4) is 0 Å². The number of benzene rings is 2. The zero-order valence-electron chi connectivity index (χ0n) is 12.5. The third kappa shape index (κ3) is 2.65. The molecule has 1 heterocycles. The Morgan fingerprint density at radius 3 is 2.64 bits per heavy atom. The summed E-state index contributed by atoms with van der Waals surface area (Å²) in [5.74, 6) is 0.529. The Labute approximate surface area is 129 Å². The van der Waals surface area contributed by atoms with Crippen LogP contribution in [0, 0.1) is 0 Å². The number of aryl methyl sites for hydroxylation is 1. The van der Waals surface area contributed by atoms with Gasteiger partial charge in [-0.05, 0) is 24.1 Å². The van der Waals surface area contributed by atoms with E-state index < -0.39 is 0 Å². The number of aromatic nitrogens is 2. The van der Waals surface area contributed by atoms with Gasteiger partial charge in [-0.25, -0.2) is 4.98 Å². The SMILES string of the molecule is CCc1ccc2c(c1)nc(CO)n2CC(=O)c1ccccc1. The van der Waals surface area contributed by atoms with E-state index in [4.69, 9.17) is 0 Å². The summed E-state index contributed by atoms with van der Waals surface area (Å²) >= 11 is 0. The maximum absolute atomic E-state index is 12.4. The molecule has 0 aliphatic rings. The van der Waals surface area contributed by atoms with Crippen molar-refractivity contribution in [1.82, 2.24) is 9.55 Å². The Morgan fingerprint density at radius 1 is 1.18 bits per heavy atom. The molecule has 1 N–H and O–H groups in total. The molecular weight excluding hydrogens is 276 g/mol. The van der Waals surface area contributed by atoms with Crippen molar-refractivity contribution < 1.29 is 9.90 Å². The highest BCUT2D eigenvalue weighted by Gasteiger charge is 2.14. The van der Waals surface area contributed by atoms with Crippen molar-refractivity contribution >= 4 is 16.8 Å². The van der Waals surface area contributed by atoms with Crippen LogP contribution in [-0.4, -0.2) is 20.4 Å². The molecule has 2 aromatic carbocycles. The fourth-order valence-corrected chi connectivity index (χ4v) is 2.60. The van der Waals surface area contributed by atoms with Crippen LogP contribution in [0.2, 0.25) is 0 Å². The Kier molecular flexibility index (Phi) is 4.02. The highest BCUT2D eigenvalue weighted by atomic mass is 16.3. The van der Waals surface area contributed by atoms with Gasteiger partial charge in [-0.15, -0.1) is 0 Å². The zero-order valence-corrected chi connectivity index (χ0v) is 12.5. The smallest absolute Gasteiger partial charge is 0.182 e. The van der Waals surface area contributed by atoms with E-state index >= 15 is 0 Å². The van der Waals surface area contributed by atoms with Gasteiger partial charge >= 0.3 is 0 Å². The van der Waals surface area contributed by atoms with E-state index in [-0.39, 0.29) is 18.9 Å². The predicted octanol–water partition coefficient (Wildman–Crippen LogP) is 2.97. The van der Waals surface area contributed by atoms with Crippen molar-refractivity contribution in [3.63, 3.8) is 0 Å². The molecule has 0 radical (unpaired) electrons. The lowest BCUT2D eigenvalue weighted by Crippen LogP contribution is -2.13. The quantitative estimate of drug-likeness (QED) is 0.736.